The Morgan fingerprint density at radius 2 is 2.36 bits per heavy atom. The average molecular weight is 157 g/mol. The molecule has 0 fully saturated rings. The van der Waals surface area contributed by atoms with Gasteiger partial charge in [-0.15, -0.1) is 0 Å². The molecule has 0 amide bonds. The van der Waals surface area contributed by atoms with Crippen molar-refractivity contribution in [3.05, 3.63) is 10.4 Å². The van der Waals surface area contributed by atoms with Crippen LogP contribution in [0.3, 0.4) is 0 Å². The van der Waals surface area contributed by atoms with Gasteiger partial charge in [-0.2, -0.15) is 0 Å². The van der Waals surface area contributed by atoms with Crippen LogP contribution in [-0.4, -0.2) is 17.1 Å². The van der Waals surface area contributed by atoms with Crippen LogP contribution in [0, 0.1) is 5.92 Å². The molecule has 62 valence electrons. The van der Waals surface area contributed by atoms with Crippen molar-refractivity contribution in [2.75, 3.05) is 0 Å². The molecule has 0 saturated carbocycles. The zero-order valence-corrected chi connectivity index (χ0v) is 6.56. The van der Waals surface area contributed by atoms with Gasteiger partial charge in [-0.1, -0.05) is 25.4 Å². The van der Waals surface area contributed by atoms with E-state index in [0.717, 1.165) is 0 Å². The van der Waals surface area contributed by atoms with Crippen molar-refractivity contribution in [2.24, 2.45) is 11.0 Å². The second-order valence-electron chi connectivity index (χ2n) is 2.37. The fraction of sp³-hybridized carbons (Fsp3) is 0.833. The third-order valence-electron chi connectivity index (χ3n) is 1.61. The number of hydrogen-bond donors (Lipinski definition) is 1. The molecule has 0 aromatic rings. The highest BCUT2D eigenvalue weighted by Crippen LogP contribution is 2.11. The summed E-state index contributed by atoms with van der Waals surface area (Å²) in [7, 11) is 0. The van der Waals surface area contributed by atoms with Crippen LogP contribution in [0.2, 0.25) is 0 Å². The number of carboxylic acid groups (broad SMARTS) is 1. The molecule has 0 aromatic carbocycles. The first-order valence-corrected chi connectivity index (χ1v) is 3.40. The predicted molar refractivity (Wildman–Crippen MR) is 40.0 cm³/mol. The second-order valence-corrected chi connectivity index (χ2v) is 2.37. The largest absolute Gasteiger partial charge is 0.481 e. The molecule has 0 aliphatic carbocycles. The van der Waals surface area contributed by atoms with Crippen LogP contribution in [0.5, 0.6) is 0 Å². The summed E-state index contributed by atoms with van der Waals surface area (Å²) in [5.74, 6) is -1.17. The molecular weight excluding hydrogens is 146 g/mol. The summed E-state index contributed by atoms with van der Waals surface area (Å²) in [6.45, 7) is 3.60. The summed E-state index contributed by atoms with van der Waals surface area (Å²) in [4.78, 5) is 12.9. The number of carbonyl (C=O) groups is 1. The highest BCUT2D eigenvalue weighted by atomic mass is 16.4. The number of aliphatic carboxylic acids is 1. The van der Waals surface area contributed by atoms with E-state index in [1.807, 2.05) is 6.92 Å². The van der Waals surface area contributed by atoms with Crippen LogP contribution < -0.4 is 0 Å². The highest BCUT2D eigenvalue weighted by molar-refractivity contribution is 5.73. The topological polar surface area (TPSA) is 86.1 Å². The quantitative estimate of drug-likeness (QED) is 0.383. The SMILES string of the molecule is CC[C@@H](C)[C@H](N=[N+]=[N-])C(=O)O. The summed E-state index contributed by atoms with van der Waals surface area (Å²) < 4.78 is 0. The molecule has 0 bridgehead atoms. The molecule has 5 nitrogen and oxygen atoms in total. The highest BCUT2D eigenvalue weighted by Gasteiger charge is 2.21. The lowest BCUT2D eigenvalue weighted by Crippen LogP contribution is -2.24. The van der Waals surface area contributed by atoms with E-state index >= 15 is 0 Å². The van der Waals surface area contributed by atoms with E-state index in [1.54, 1.807) is 6.92 Å². The van der Waals surface area contributed by atoms with Gasteiger partial charge in [0.25, 0.3) is 0 Å². The molecule has 1 N–H and O–H groups in total. The molecule has 0 saturated heterocycles. The summed E-state index contributed by atoms with van der Waals surface area (Å²) in [6.07, 6.45) is 0.690. The van der Waals surface area contributed by atoms with E-state index in [-0.39, 0.29) is 5.92 Å². The average Bonchev–Trinajstić information content (AvgIpc) is 1.98. The monoisotopic (exact) mass is 157 g/mol. The fourth-order valence-corrected chi connectivity index (χ4v) is 0.685. The Labute approximate surface area is 64.7 Å². The number of carboxylic acids is 1. The molecule has 11 heavy (non-hydrogen) atoms. The fourth-order valence-electron chi connectivity index (χ4n) is 0.685. The van der Waals surface area contributed by atoms with Gasteiger partial charge in [0.15, 0.2) is 0 Å². The van der Waals surface area contributed by atoms with Crippen molar-refractivity contribution in [3.63, 3.8) is 0 Å². The standard InChI is InChI=1S/C6H11N3O2/c1-3-4(2)5(6(10)11)8-9-7/h4-5H,3H2,1-2H3,(H,10,11)/t4-,5+/m1/s1. The molecule has 0 aromatic heterocycles. The van der Waals surface area contributed by atoms with Gasteiger partial charge in [-0.3, -0.25) is 4.79 Å². The van der Waals surface area contributed by atoms with Gasteiger partial charge in [0.05, 0.1) is 0 Å². The number of hydrogen-bond acceptors (Lipinski definition) is 2. The zero-order chi connectivity index (χ0) is 8.85. The van der Waals surface area contributed by atoms with Crippen LogP contribution in [0.15, 0.2) is 5.11 Å². The van der Waals surface area contributed by atoms with Crippen LogP contribution in [0.4, 0.5) is 0 Å². The smallest absolute Gasteiger partial charge is 0.312 e. The van der Waals surface area contributed by atoms with Crippen LogP contribution in [0.25, 0.3) is 10.4 Å². The van der Waals surface area contributed by atoms with Gasteiger partial charge in [0, 0.05) is 4.91 Å². The molecule has 2 atom stereocenters. The Hall–Kier alpha value is -1.22. The molecule has 5 heteroatoms. The molecule has 0 radical (unpaired) electrons. The van der Waals surface area contributed by atoms with E-state index in [4.69, 9.17) is 10.6 Å². The lowest BCUT2D eigenvalue weighted by molar-refractivity contribution is -0.139. The molecule has 0 aliphatic rings. The summed E-state index contributed by atoms with van der Waals surface area (Å²) in [5, 5.41) is 11.7. The maximum atomic E-state index is 10.4. The third-order valence-corrected chi connectivity index (χ3v) is 1.61. The van der Waals surface area contributed by atoms with Gasteiger partial charge in [0.1, 0.15) is 6.04 Å². The normalized spacial score (nSPS) is 14.7. The lowest BCUT2D eigenvalue weighted by Gasteiger charge is -2.11. The molecule has 0 unspecified atom stereocenters. The van der Waals surface area contributed by atoms with Gasteiger partial charge in [-0.05, 0) is 11.4 Å². The first-order valence-electron chi connectivity index (χ1n) is 3.40. The van der Waals surface area contributed by atoms with E-state index in [0.29, 0.717) is 6.42 Å². The van der Waals surface area contributed by atoms with Crippen LogP contribution in [0.1, 0.15) is 20.3 Å². The van der Waals surface area contributed by atoms with Crippen molar-refractivity contribution >= 4 is 5.97 Å². The third kappa shape index (κ3) is 2.91. The molecule has 0 heterocycles. The van der Waals surface area contributed by atoms with Crippen molar-refractivity contribution < 1.29 is 9.90 Å². The van der Waals surface area contributed by atoms with Gasteiger partial charge in [0.2, 0.25) is 0 Å². The van der Waals surface area contributed by atoms with E-state index in [9.17, 15) is 4.79 Å². The van der Waals surface area contributed by atoms with Gasteiger partial charge >= 0.3 is 5.97 Å². The van der Waals surface area contributed by atoms with Crippen molar-refractivity contribution in [1.82, 2.24) is 0 Å². The van der Waals surface area contributed by atoms with E-state index < -0.39 is 12.0 Å². The van der Waals surface area contributed by atoms with Gasteiger partial charge < -0.3 is 5.11 Å². The second kappa shape index (κ2) is 4.57. The van der Waals surface area contributed by atoms with Crippen molar-refractivity contribution in [1.29, 1.82) is 0 Å². The molecular formula is C6H11N3O2. The molecule has 0 spiro atoms. The number of azide groups is 1. The Bertz CT molecular complexity index is 184. The van der Waals surface area contributed by atoms with Crippen molar-refractivity contribution in [3.8, 4) is 0 Å². The Kier molecular flexibility index (Phi) is 4.07. The van der Waals surface area contributed by atoms with Crippen molar-refractivity contribution in [2.45, 2.75) is 26.3 Å². The summed E-state index contributed by atoms with van der Waals surface area (Å²) >= 11 is 0. The summed E-state index contributed by atoms with van der Waals surface area (Å²) in [6, 6.07) is -0.926. The summed E-state index contributed by atoms with van der Waals surface area (Å²) in [5.41, 5.74) is 8.02. The predicted octanol–water partition coefficient (Wildman–Crippen LogP) is 1.80. The Morgan fingerprint density at radius 1 is 1.82 bits per heavy atom. The first kappa shape index (κ1) is 9.78. The first-order chi connectivity index (χ1) is 5.13. The van der Waals surface area contributed by atoms with Crippen LogP contribution >= 0.6 is 0 Å². The number of rotatable bonds is 4. The Balaban J connectivity index is 4.32. The van der Waals surface area contributed by atoms with Crippen LogP contribution in [-0.2, 0) is 4.79 Å². The number of nitrogens with zero attached hydrogens (tertiary/aromatic N) is 3. The lowest BCUT2D eigenvalue weighted by atomic mass is 10.0. The minimum absolute atomic E-state index is 0.108. The van der Waals surface area contributed by atoms with E-state index in [2.05, 4.69) is 10.0 Å². The molecule has 0 aliphatic heterocycles. The minimum Gasteiger partial charge on any atom is -0.481 e. The van der Waals surface area contributed by atoms with E-state index in [1.165, 1.54) is 0 Å². The van der Waals surface area contributed by atoms with Gasteiger partial charge in [-0.25, -0.2) is 0 Å². The maximum Gasteiger partial charge on any atom is 0.312 e. The maximum absolute atomic E-state index is 10.4. The molecule has 0 rings (SSSR count). The Morgan fingerprint density at radius 3 is 2.64 bits per heavy atom. The zero-order valence-electron chi connectivity index (χ0n) is 6.56. The minimum atomic E-state index is -1.06.